The summed E-state index contributed by atoms with van der Waals surface area (Å²) in [5.41, 5.74) is -1.33. The van der Waals surface area contributed by atoms with E-state index in [1.54, 1.807) is 58.0 Å². The third-order valence-electron chi connectivity index (χ3n) is 4.89. The molecular formula is C22H23F2N3O3. The van der Waals surface area contributed by atoms with Crippen molar-refractivity contribution in [3.63, 3.8) is 0 Å². The number of amides is 1. The van der Waals surface area contributed by atoms with E-state index in [2.05, 4.69) is 4.98 Å². The van der Waals surface area contributed by atoms with Crippen LogP contribution in [0.3, 0.4) is 0 Å². The molecule has 0 aliphatic heterocycles. The molecule has 1 N–H and O–H groups in total. The van der Waals surface area contributed by atoms with Gasteiger partial charge in [-0.2, -0.15) is 0 Å². The zero-order chi connectivity index (χ0) is 22.2. The lowest BCUT2D eigenvalue weighted by Crippen LogP contribution is -2.47. The highest BCUT2D eigenvalue weighted by Gasteiger charge is 2.34. The maximum Gasteiger partial charge on any atom is 0.408 e. The van der Waals surface area contributed by atoms with E-state index in [0.29, 0.717) is 5.69 Å². The van der Waals surface area contributed by atoms with Gasteiger partial charge in [0.1, 0.15) is 5.82 Å². The van der Waals surface area contributed by atoms with E-state index in [1.807, 2.05) is 0 Å². The molecule has 0 spiro atoms. The van der Waals surface area contributed by atoms with Gasteiger partial charge >= 0.3 is 6.09 Å². The van der Waals surface area contributed by atoms with E-state index in [0.717, 1.165) is 0 Å². The Kier molecular flexibility index (Phi) is 5.61. The highest BCUT2D eigenvalue weighted by Crippen LogP contribution is 2.30. The third-order valence-corrected chi connectivity index (χ3v) is 4.89. The minimum absolute atomic E-state index is 0.103. The number of para-hydroxylation sites is 1. The minimum atomic E-state index is -2.85. The van der Waals surface area contributed by atoms with Crippen LogP contribution in [-0.2, 0) is 0 Å². The molecule has 3 rings (SSSR count). The summed E-state index contributed by atoms with van der Waals surface area (Å²) in [6.07, 6.45) is -4.02. The van der Waals surface area contributed by atoms with Gasteiger partial charge in [0, 0.05) is 11.1 Å². The van der Waals surface area contributed by atoms with Gasteiger partial charge in [-0.1, -0.05) is 30.3 Å². The first-order valence-electron chi connectivity index (χ1n) is 9.45. The molecule has 30 heavy (non-hydrogen) atoms. The predicted molar refractivity (Wildman–Crippen MR) is 110 cm³/mol. The van der Waals surface area contributed by atoms with Crippen LogP contribution in [0.2, 0.25) is 0 Å². The number of carbonyl (C=O) groups is 1. The van der Waals surface area contributed by atoms with Crippen LogP contribution in [0, 0.1) is 0 Å². The van der Waals surface area contributed by atoms with Crippen LogP contribution >= 0.6 is 0 Å². The summed E-state index contributed by atoms with van der Waals surface area (Å²) in [6.45, 7) is 6.83. The largest absolute Gasteiger partial charge is 0.465 e. The molecule has 158 valence electrons. The fourth-order valence-corrected chi connectivity index (χ4v) is 3.71. The Morgan fingerprint density at radius 1 is 1.10 bits per heavy atom. The van der Waals surface area contributed by atoms with E-state index < -0.39 is 35.2 Å². The summed E-state index contributed by atoms with van der Waals surface area (Å²) >= 11 is 0. The molecule has 0 aliphatic carbocycles. The molecule has 1 heterocycles. The van der Waals surface area contributed by atoms with Crippen molar-refractivity contribution in [2.45, 2.75) is 45.7 Å². The number of fused-ring (bicyclic) bond motifs is 1. The fourth-order valence-electron chi connectivity index (χ4n) is 3.71. The van der Waals surface area contributed by atoms with E-state index in [-0.39, 0.29) is 16.7 Å². The van der Waals surface area contributed by atoms with Crippen molar-refractivity contribution in [1.29, 1.82) is 0 Å². The van der Waals surface area contributed by atoms with E-state index in [9.17, 15) is 23.5 Å². The van der Waals surface area contributed by atoms with Gasteiger partial charge in [0.15, 0.2) is 0 Å². The van der Waals surface area contributed by atoms with Gasteiger partial charge < -0.3 is 5.11 Å². The van der Waals surface area contributed by atoms with Crippen LogP contribution in [0.5, 0.6) is 0 Å². The van der Waals surface area contributed by atoms with Crippen LogP contribution in [0.25, 0.3) is 16.6 Å². The lowest BCUT2D eigenvalue weighted by molar-refractivity contribution is 0.0719. The number of hydrogen-bond acceptors (Lipinski definition) is 3. The Hall–Kier alpha value is -3.29. The summed E-state index contributed by atoms with van der Waals surface area (Å²) in [6, 6.07) is 11.7. The first-order valence-corrected chi connectivity index (χ1v) is 9.45. The normalized spacial score (nSPS) is 12.9. The topological polar surface area (TPSA) is 75.4 Å². The Morgan fingerprint density at radius 2 is 1.73 bits per heavy atom. The zero-order valence-corrected chi connectivity index (χ0v) is 17.1. The molecule has 3 aromatic rings. The Balaban J connectivity index is 2.42. The van der Waals surface area contributed by atoms with E-state index in [4.69, 9.17) is 0 Å². The van der Waals surface area contributed by atoms with Gasteiger partial charge in [-0.25, -0.2) is 18.6 Å². The molecule has 0 unspecified atom stereocenters. The predicted octanol–water partition coefficient (Wildman–Crippen LogP) is 5.16. The highest BCUT2D eigenvalue weighted by molar-refractivity contribution is 5.82. The minimum Gasteiger partial charge on any atom is -0.465 e. The van der Waals surface area contributed by atoms with Crippen LogP contribution in [0.4, 0.5) is 13.6 Å². The number of alkyl halides is 2. The van der Waals surface area contributed by atoms with Crippen molar-refractivity contribution < 1.29 is 18.7 Å². The smallest absolute Gasteiger partial charge is 0.408 e. The summed E-state index contributed by atoms with van der Waals surface area (Å²) in [4.78, 5) is 31.1. The van der Waals surface area contributed by atoms with Crippen molar-refractivity contribution in [2.75, 3.05) is 0 Å². The number of benzene rings is 2. The molecule has 0 aliphatic rings. The van der Waals surface area contributed by atoms with Gasteiger partial charge in [-0.15, -0.1) is 0 Å². The van der Waals surface area contributed by atoms with Gasteiger partial charge in [0.2, 0.25) is 0 Å². The molecule has 1 atom stereocenters. The van der Waals surface area contributed by atoms with E-state index >= 15 is 0 Å². The third kappa shape index (κ3) is 3.77. The summed E-state index contributed by atoms with van der Waals surface area (Å²) in [5, 5.41) is 9.64. The van der Waals surface area contributed by atoms with Crippen LogP contribution in [-0.4, -0.2) is 31.2 Å². The number of aromatic nitrogens is 2. The lowest BCUT2D eigenvalue weighted by Gasteiger charge is -2.38. The van der Waals surface area contributed by atoms with Gasteiger partial charge in [-0.05, 0) is 45.9 Å². The second-order valence-electron chi connectivity index (χ2n) is 7.99. The molecule has 0 saturated heterocycles. The van der Waals surface area contributed by atoms with Crippen molar-refractivity contribution in [3.8, 4) is 5.69 Å². The molecule has 2 aromatic carbocycles. The maximum absolute atomic E-state index is 13.6. The molecule has 0 radical (unpaired) electrons. The monoisotopic (exact) mass is 415 g/mol. The number of carboxylic acid groups (broad SMARTS) is 1. The number of halogens is 2. The molecule has 1 amide bonds. The first-order chi connectivity index (χ1) is 14.0. The standard InChI is InChI=1S/C22H23F2N3O3/c1-13(27(21(29)30)22(2,3)4)19-25-16-12-8-11-15(18(23)24)17(16)20(28)26(19)14-9-6-5-7-10-14/h5-13,18H,1-4H3,(H,29,30)/t13-/m0/s1. The summed E-state index contributed by atoms with van der Waals surface area (Å²) in [7, 11) is 0. The van der Waals surface area contributed by atoms with Crippen molar-refractivity contribution in [3.05, 3.63) is 70.3 Å². The lowest BCUT2D eigenvalue weighted by atomic mass is 10.0. The SMILES string of the molecule is C[C@@H](c1nc2cccc(C(F)F)c2c(=O)n1-c1ccccc1)N(C(=O)O)C(C)(C)C. The average molecular weight is 415 g/mol. The van der Waals surface area contributed by atoms with E-state index in [1.165, 1.54) is 27.7 Å². The van der Waals surface area contributed by atoms with Crippen LogP contribution in [0.15, 0.2) is 53.3 Å². The van der Waals surface area contributed by atoms with Crippen LogP contribution < -0.4 is 5.56 Å². The molecule has 0 saturated carbocycles. The highest BCUT2D eigenvalue weighted by atomic mass is 19.3. The Morgan fingerprint density at radius 3 is 2.27 bits per heavy atom. The van der Waals surface area contributed by atoms with Crippen molar-refractivity contribution >= 4 is 17.0 Å². The Bertz CT molecular complexity index is 1140. The fraction of sp³-hybridized carbons (Fsp3) is 0.318. The maximum atomic E-state index is 13.6. The molecule has 0 fully saturated rings. The number of nitrogens with zero attached hydrogens (tertiary/aromatic N) is 3. The average Bonchev–Trinajstić information content (AvgIpc) is 2.66. The van der Waals surface area contributed by atoms with Gasteiger partial charge in [-0.3, -0.25) is 14.3 Å². The number of hydrogen-bond donors (Lipinski definition) is 1. The second-order valence-corrected chi connectivity index (χ2v) is 7.99. The first kappa shape index (κ1) is 21.4. The summed E-state index contributed by atoms with van der Waals surface area (Å²) < 4.78 is 28.4. The second kappa shape index (κ2) is 7.85. The molecule has 6 nitrogen and oxygen atoms in total. The Labute approximate surface area is 172 Å². The summed E-state index contributed by atoms with van der Waals surface area (Å²) in [5.74, 6) is 0.155. The van der Waals surface area contributed by atoms with Crippen LogP contribution in [0.1, 0.15) is 51.6 Å². The quantitative estimate of drug-likeness (QED) is 0.638. The molecular weight excluding hydrogens is 392 g/mol. The van der Waals surface area contributed by atoms with Crippen molar-refractivity contribution in [1.82, 2.24) is 14.5 Å². The van der Waals surface area contributed by atoms with Gasteiger partial charge in [0.25, 0.3) is 12.0 Å². The molecule has 8 heteroatoms. The zero-order valence-electron chi connectivity index (χ0n) is 17.1. The van der Waals surface area contributed by atoms with Gasteiger partial charge in [0.05, 0.1) is 22.6 Å². The number of rotatable bonds is 4. The van der Waals surface area contributed by atoms with Crippen molar-refractivity contribution in [2.24, 2.45) is 0 Å². The molecule has 0 bridgehead atoms. The molecule has 1 aromatic heterocycles.